The summed E-state index contributed by atoms with van der Waals surface area (Å²) in [5.74, 6) is 0.392. The molecular weight excluding hydrogens is 342 g/mol. The number of anilines is 2. The number of para-hydroxylation sites is 2. The van der Waals surface area contributed by atoms with Crippen molar-refractivity contribution < 1.29 is 19.2 Å². The second-order valence-corrected chi connectivity index (χ2v) is 6.77. The van der Waals surface area contributed by atoms with Crippen molar-refractivity contribution in [2.24, 2.45) is 0 Å². The van der Waals surface area contributed by atoms with Gasteiger partial charge in [-0.25, -0.2) is 0 Å². The molecule has 142 valence electrons. The van der Waals surface area contributed by atoms with Gasteiger partial charge in [0, 0.05) is 11.3 Å². The van der Waals surface area contributed by atoms with Crippen LogP contribution in [0.25, 0.3) is 0 Å². The van der Waals surface area contributed by atoms with Gasteiger partial charge >= 0.3 is 0 Å². The first-order valence-corrected chi connectivity index (χ1v) is 9.33. The number of rotatable bonds is 6. The lowest BCUT2D eigenvalue weighted by molar-refractivity contribution is -0.896. The van der Waals surface area contributed by atoms with Crippen LogP contribution in [0.1, 0.15) is 29.6 Å². The Bertz CT molecular complexity index is 784. The smallest absolute Gasteiger partial charge is 0.279 e. The van der Waals surface area contributed by atoms with Crippen molar-refractivity contribution in [3.05, 3.63) is 54.1 Å². The standard InChI is InChI=1S/C21H25N3O3/c1-27-19-8-4-3-7-18(19)23-21(26)16-9-11-17(12-10-16)22-20(25)15-24-13-5-2-6-14-24/h3-4,7-12H,2,5-6,13-15H2,1H3,(H,22,25)(H,23,26)/p+1. The van der Waals surface area contributed by atoms with Crippen molar-refractivity contribution in [3.63, 3.8) is 0 Å². The fourth-order valence-corrected chi connectivity index (χ4v) is 3.31. The number of likely N-dealkylation sites (tertiary alicyclic amines) is 1. The second-order valence-electron chi connectivity index (χ2n) is 6.77. The highest BCUT2D eigenvalue weighted by Gasteiger charge is 2.17. The number of nitrogens with one attached hydrogen (secondary N) is 3. The van der Waals surface area contributed by atoms with Gasteiger partial charge in [0.25, 0.3) is 11.8 Å². The Morgan fingerprint density at radius 3 is 2.37 bits per heavy atom. The summed E-state index contributed by atoms with van der Waals surface area (Å²) >= 11 is 0. The van der Waals surface area contributed by atoms with E-state index >= 15 is 0 Å². The van der Waals surface area contributed by atoms with Gasteiger partial charge in [-0.1, -0.05) is 12.1 Å². The van der Waals surface area contributed by atoms with Gasteiger partial charge in [0.05, 0.1) is 25.9 Å². The monoisotopic (exact) mass is 368 g/mol. The van der Waals surface area contributed by atoms with Crippen molar-refractivity contribution in [2.75, 3.05) is 37.4 Å². The molecule has 0 aromatic heterocycles. The van der Waals surface area contributed by atoms with E-state index in [0.29, 0.717) is 29.2 Å². The van der Waals surface area contributed by atoms with Crippen LogP contribution in [0.3, 0.4) is 0 Å². The van der Waals surface area contributed by atoms with Crippen molar-refractivity contribution >= 4 is 23.2 Å². The van der Waals surface area contributed by atoms with E-state index in [1.54, 1.807) is 43.5 Å². The molecule has 1 saturated heterocycles. The van der Waals surface area contributed by atoms with Crippen LogP contribution in [-0.2, 0) is 4.79 Å². The molecule has 27 heavy (non-hydrogen) atoms. The van der Waals surface area contributed by atoms with E-state index in [0.717, 1.165) is 13.1 Å². The fourth-order valence-electron chi connectivity index (χ4n) is 3.31. The Morgan fingerprint density at radius 2 is 1.67 bits per heavy atom. The molecule has 3 rings (SSSR count). The molecule has 0 radical (unpaired) electrons. The maximum atomic E-state index is 12.4. The van der Waals surface area contributed by atoms with Gasteiger partial charge in [0.15, 0.2) is 6.54 Å². The lowest BCUT2D eigenvalue weighted by Gasteiger charge is -2.22. The zero-order chi connectivity index (χ0) is 19.1. The van der Waals surface area contributed by atoms with Crippen LogP contribution in [0, 0.1) is 0 Å². The summed E-state index contributed by atoms with van der Waals surface area (Å²) in [5.41, 5.74) is 1.83. The van der Waals surface area contributed by atoms with Gasteiger partial charge in [-0.2, -0.15) is 0 Å². The maximum absolute atomic E-state index is 12.4. The van der Waals surface area contributed by atoms with Crippen molar-refractivity contribution in [2.45, 2.75) is 19.3 Å². The summed E-state index contributed by atoms with van der Waals surface area (Å²) in [6.07, 6.45) is 3.65. The summed E-state index contributed by atoms with van der Waals surface area (Å²) in [6, 6.07) is 14.2. The number of methoxy groups -OCH3 is 1. The van der Waals surface area contributed by atoms with Crippen LogP contribution >= 0.6 is 0 Å². The van der Waals surface area contributed by atoms with Gasteiger partial charge in [-0.3, -0.25) is 9.59 Å². The molecule has 0 atom stereocenters. The minimum Gasteiger partial charge on any atom is -0.495 e. The van der Waals surface area contributed by atoms with E-state index in [1.165, 1.54) is 24.2 Å². The van der Waals surface area contributed by atoms with Crippen molar-refractivity contribution in [1.29, 1.82) is 0 Å². The van der Waals surface area contributed by atoms with Gasteiger partial charge in [-0.15, -0.1) is 0 Å². The number of benzene rings is 2. The van der Waals surface area contributed by atoms with Gasteiger partial charge in [0.1, 0.15) is 5.75 Å². The Morgan fingerprint density at radius 1 is 0.963 bits per heavy atom. The predicted octanol–water partition coefficient (Wildman–Crippen LogP) is 1.95. The fraction of sp³-hybridized carbons (Fsp3) is 0.333. The Hall–Kier alpha value is -2.86. The molecule has 0 bridgehead atoms. The van der Waals surface area contributed by atoms with Crippen LogP contribution in [0.2, 0.25) is 0 Å². The maximum Gasteiger partial charge on any atom is 0.279 e. The molecule has 6 heteroatoms. The first-order valence-electron chi connectivity index (χ1n) is 9.33. The van der Waals surface area contributed by atoms with E-state index in [9.17, 15) is 9.59 Å². The zero-order valence-electron chi connectivity index (χ0n) is 15.6. The molecule has 0 unspecified atom stereocenters. The molecule has 6 nitrogen and oxygen atoms in total. The van der Waals surface area contributed by atoms with E-state index in [-0.39, 0.29) is 11.8 Å². The molecule has 2 amide bonds. The Labute approximate surface area is 159 Å². The number of hydrogen-bond acceptors (Lipinski definition) is 3. The number of quaternary nitrogens is 1. The van der Waals surface area contributed by atoms with E-state index in [4.69, 9.17) is 4.74 Å². The average Bonchev–Trinajstić information content (AvgIpc) is 2.69. The summed E-state index contributed by atoms with van der Waals surface area (Å²) in [7, 11) is 1.56. The lowest BCUT2D eigenvalue weighted by Crippen LogP contribution is -3.13. The van der Waals surface area contributed by atoms with Gasteiger partial charge in [-0.05, 0) is 55.7 Å². The van der Waals surface area contributed by atoms with Crippen LogP contribution in [0.15, 0.2) is 48.5 Å². The molecule has 1 aliphatic heterocycles. The minimum atomic E-state index is -0.227. The molecule has 1 aliphatic rings. The first-order chi connectivity index (χ1) is 13.2. The second kappa shape index (κ2) is 9.19. The van der Waals surface area contributed by atoms with Crippen LogP contribution in [-0.4, -0.2) is 38.6 Å². The quantitative estimate of drug-likeness (QED) is 0.730. The Kier molecular flexibility index (Phi) is 6.44. The lowest BCUT2D eigenvalue weighted by atomic mass is 10.1. The number of hydrogen-bond donors (Lipinski definition) is 3. The van der Waals surface area contributed by atoms with E-state index in [2.05, 4.69) is 10.6 Å². The van der Waals surface area contributed by atoms with Gasteiger partial charge < -0.3 is 20.3 Å². The molecule has 0 aliphatic carbocycles. The highest BCUT2D eigenvalue weighted by Crippen LogP contribution is 2.23. The number of piperidine rings is 1. The summed E-state index contributed by atoms with van der Waals surface area (Å²) in [6.45, 7) is 2.63. The van der Waals surface area contributed by atoms with Crippen molar-refractivity contribution in [3.8, 4) is 5.75 Å². The average molecular weight is 368 g/mol. The van der Waals surface area contributed by atoms with Crippen LogP contribution in [0.5, 0.6) is 5.75 Å². The zero-order valence-corrected chi connectivity index (χ0v) is 15.6. The highest BCUT2D eigenvalue weighted by atomic mass is 16.5. The van der Waals surface area contributed by atoms with E-state index in [1.807, 2.05) is 12.1 Å². The molecule has 1 heterocycles. The minimum absolute atomic E-state index is 0.0122. The number of ether oxygens (including phenoxy) is 1. The molecule has 1 fully saturated rings. The first kappa shape index (κ1) is 18.9. The molecule has 0 saturated carbocycles. The summed E-state index contributed by atoms with van der Waals surface area (Å²) < 4.78 is 5.24. The molecular formula is C21H26N3O3+. The molecule has 2 aromatic carbocycles. The summed E-state index contributed by atoms with van der Waals surface area (Å²) in [5, 5.41) is 5.75. The SMILES string of the molecule is COc1ccccc1NC(=O)c1ccc(NC(=O)C[NH+]2CCCCC2)cc1. The third-order valence-corrected chi connectivity index (χ3v) is 4.76. The molecule has 2 aromatic rings. The summed E-state index contributed by atoms with van der Waals surface area (Å²) in [4.78, 5) is 25.9. The largest absolute Gasteiger partial charge is 0.495 e. The predicted molar refractivity (Wildman–Crippen MR) is 105 cm³/mol. The third-order valence-electron chi connectivity index (χ3n) is 4.76. The number of amides is 2. The third kappa shape index (κ3) is 5.31. The van der Waals surface area contributed by atoms with Crippen molar-refractivity contribution in [1.82, 2.24) is 0 Å². The topological polar surface area (TPSA) is 71.9 Å². The number of carbonyl (C=O) groups excluding carboxylic acids is 2. The Balaban J connectivity index is 1.56. The molecule has 0 spiro atoms. The van der Waals surface area contributed by atoms with Crippen LogP contribution < -0.4 is 20.3 Å². The molecule has 3 N–H and O–H groups in total. The van der Waals surface area contributed by atoms with E-state index < -0.39 is 0 Å². The highest BCUT2D eigenvalue weighted by molar-refractivity contribution is 6.05. The van der Waals surface area contributed by atoms with Gasteiger partial charge in [0.2, 0.25) is 0 Å². The van der Waals surface area contributed by atoms with Crippen LogP contribution in [0.4, 0.5) is 11.4 Å². The normalized spacial score (nSPS) is 14.4. The number of carbonyl (C=O) groups is 2.